The second-order valence-electron chi connectivity index (χ2n) is 4.83. The van der Waals surface area contributed by atoms with Crippen molar-refractivity contribution >= 4 is 18.0 Å². The van der Waals surface area contributed by atoms with E-state index in [-0.39, 0.29) is 0 Å². The highest BCUT2D eigenvalue weighted by Gasteiger charge is 2.19. The van der Waals surface area contributed by atoms with Crippen molar-refractivity contribution in [2.24, 2.45) is 5.92 Å². The molecule has 19 heavy (non-hydrogen) atoms. The Labute approximate surface area is 113 Å². The highest BCUT2D eigenvalue weighted by atomic mass is 16.4. The molecule has 1 saturated heterocycles. The molecule has 0 radical (unpaired) electrons. The van der Waals surface area contributed by atoms with E-state index < -0.39 is 5.97 Å². The standard InChI is InChI=1S/C14H19N3O2/c1-2-11-5-7-17(8-6-11)14-15-9-12(10-16-14)3-4-13(18)19/h3-4,9-11H,2,5-8H2,1H3,(H,18,19)/b4-3+. The normalized spacial score (nSPS) is 17.0. The first kappa shape index (κ1) is 13.5. The number of rotatable bonds is 4. The zero-order chi connectivity index (χ0) is 13.7. The number of hydrogen-bond donors (Lipinski definition) is 1. The zero-order valence-electron chi connectivity index (χ0n) is 11.1. The Morgan fingerprint density at radius 3 is 2.58 bits per heavy atom. The molecule has 0 bridgehead atoms. The molecule has 1 aliphatic heterocycles. The van der Waals surface area contributed by atoms with Crippen LogP contribution in [0, 0.1) is 5.92 Å². The van der Waals surface area contributed by atoms with Crippen LogP contribution in [0.5, 0.6) is 0 Å². The summed E-state index contributed by atoms with van der Waals surface area (Å²) in [5.41, 5.74) is 0.703. The van der Waals surface area contributed by atoms with Crippen LogP contribution in [0.4, 0.5) is 5.95 Å². The van der Waals surface area contributed by atoms with Gasteiger partial charge in [-0.15, -0.1) is 0 Å². The number of anilines is 1. The average Bonchev–Trinajstić information content (AvgIpc) is 2.46. The van der Waals surface area contributed by atoms with Crippen molar-refractivity contribution in [2.75, 3.05) is 18.0 Å². The van der Waals surface area contributed by atoms with Crippen LogP contribution in [0.25, 0.3) is 6.08 Å². The molecular weight excluding hydrogens is 242 g/mol. The van der Waals surface area contributed by atoms with Crippen molar-refractivity contribution in [1.29, 1.82) is 0 Å². The van der Waals surface area contributed by atoms with Crippen LogP contribution in [0.15, 0.2) is 18.5 Å². The molecule has 0 spiro atoms. The molecular formula is C14H19N3O2. The van der Waals surface area contributed by atoms with Crippen molar-refractivity contribution in [3.05, 3.63) is 24.0 Å². The fourth-order valence-corrected chi connectivity index (χ4v) is 2.29. The predicted molar refractivity (Wildman–Crippen MR) is 73.9 cm³/mol. The number of hydrogen-bond acceptors (Lipinski definition) is 4. The molecule has 0 atom stereocenters. The third-order valence-electron chi connectivity index (χ3n) is 3.55. The Bertz CT molecular complexity index is 448. The Hall–Kier alpha value is -1.91. The molecule has 0 aliphatic carbocycles. The molecule has 1 aromatic rings. The Balaban J connectivity index is 1.97. The van der Waals surface area contributed by atoms with E-state index in [1.54, 1.807) is 12.4 Å². The van der Waals surface area contributed by atoms with Crippen LogP contribution >= 0.6 is 0 Å². The fraction of sp³-hybridized carbons (Fsp3) is 0.500. The Kier molecular flexibility index (Phi) is 4.49. The first-order chi connectivity index (χ1) is 9.19. The quantitative estimate of drug-likeness (QED) is 0.842. The molecule has 0 amide bonds. The maximum absolute atomic E-state index is 10.4. The van der Waals surface area contributed by atoms with Crippen molar-refractivity contribution in [3.8, 4) is 0 Å². The molecule has 1 aliphatic rings. The summed E-state index contributed by atoms with van der Waals surface area (Å²) < 4.78 is 0. The third kappa shape index (κ3) is 3.77. The van der Waals surface area contributed by atoms with Gasteiger partial charge in [-0.05, 0) is 24.8 Å². The third-order valence-corrected chi connectivity index (χ3v) is 3.55. The Morgan fingerprint density at radius 1 is 1.42 bits per heavy atom. The van der Waals surface area contributed by atoms with E-state index in [4.69, 9.17) is 5.11 Å². The lowest BCUT2D eigenvalue weighted by molar-refractivity contribution is -0.131. The number of carbonyl (C=O) groups is 1. The molecule has 102 valence electrons. The summed E-state index contributed by atoms with van der Waals surface area (Å²) in [5, 5.41) is 8.55. The topological polar surface area (TPSA) is 66.3 Å². The lowest BCUT2D eigenvalue weighted by Crippen LogP contribution is -2.34. The summed E-state index contributed by atoms with van der Waals surface area (Å²) in [4.78, 5) is 21.2. The molecule has 0 unspecified atom stereocenters. The van der Waals surface area contributed by atoms with Gasteiger partial charge >= 0.3 is 5.97 Å². The minimum atomic E-state index is -0.967. The van der Waals surface area contributed by atoms with Crippen molar-refractivity contribution in [2.45, 2.75) is 26.2 Å². The number of aliphatic carboxylic acids is 1. The number of aromatic nitrogens is 2. The number of nitrogens with zero attached hydrogens (tertiary/aromatic N) is 3. The van der Waals surface area contributed by atoms with E-state index in [2.05, 4.69) is 21.8 Å². The molecule has 1 fully saturated rings. The predicted octanol–water partition coefficient (Wildman–Crippen LogP) is 2.20. The first-order valence-electron chi connectivity index (χ1n) is 6.67. The van der Waals surface area contributed by atoms with Crippen LogP contribution in [-0.2, 0) is 4.79 Å². The molecule has 2 rings (SSSR count). The molecule has 0 aromatic carbocycles. The van der Waals surface area contributed by atoms with Crippen molar-refractivity contribution < 1.29 is 9.90 Å². The maximum atomic E-state index is 10.4. The average molecular weight is 261 g/mol. The lowest BCUT2D eigenvalue weighted by Gasteiger charge is -2.31. The number of piperidine rings is 1. The lowest BCUT2D eigenvalue weighted by atomic mass is 9.95. The maximum Gasteiger partial charge on any atom is 0.328 e. The summed E-state index contributed by atoms with van der Waals surface area (Å²) in [6, 6.07) is 0. The van der Waals surface area contributed by atoms with Gasteiger partial charge in [0.15, 0.2) is 0 Å². The minimum Gasteiger partial charge on any atom is -0.478 e. The van der Waals surface area contributed by atoms with Crippen LogP contribution in [-0.4, -0.2) is 34.1 Å². The summed E-state index contributed by atoms with van der Waals surface area (Å²) >= 11 is 0. The van der Waals surface area contributed by atoms with Crippen molar-refractivity contribution in [3.63, 3.8) is 0 Å². The van der Waals surface area contributed by atoms with Crippen LogP contribution < -0.4 is 4.90 Å². The summed E-state index contributed by atoms with van der Waals surface area (Å²) in [7, 11) is 0. The van der Waals surface area contributed by atoms with Gasteiger partial charge in [0.2, 0.25) is 5.95 Å². The Morgan fingerprint density at radius 2 is 2.05 bits per heavy atom. The molecule has 1 aromatic heterocycles. The van der Waals surface area contributed by atoms with E-state index in [0.717, 1.165) is 31.0 Å². The van der Waals surface area contributed by atoms with Crippen LogP contribution in [0.3, 0.4) is 0 Å². The van der Waals surface area contributed by atoms with Gasteiger partial charge < -0.3 is 10.0 Å². The largest absolute Gasteiger partial charge is 0.478 e. The molecule has 2 heterocycles. The van der Waals surface area contributed by atoms with Crippen molar-refractivity contribution in [1.82, 2.24) is 9.97 Å². The summed E-state index contributed by atoms with van der Waals surface area (Å²) in [6.07, 6.45) is 9.54. The van der Waals surface area contributed by atoms with E-state index >= 15 is 0 Å². The summed E-state index contributed by atoms with van der Waals surface area (Å²) in [6.45, 7) is 4.24. The van der Waals surface area contributed by atoms with Gasteiger partial charge in [0.25, 0.3) is 0 Å². The van der Waals surface area contributed by atoms with Gasteiger partial charge in [0.05, 0.1) is 0 Å². The highest BCUT2D eigenvalue weighted by molar-refractivity contribution is 5.85. The van der Waals surface area contributed by atoms with Gasteiger partial charge in [-0.1, -0.05) is 13.3 Å². The molecule has 1 N–H and O–H groups in total. The SMILES string of the molecule is CCC1CCN(c2ncc(/C=C/C(=O)O)cn2)CC1. The summed E-state index contributed by atoms with van der Waals surface area (Å²) in [5.74, 6) is 0.599. The van der Waals surface area contributed by atoms with Gasteiger partial charge in [-0.3, -0.25) is 0 Å². The molecule has 5 nitrogen and oxygen atoms in total. The second kappa shape index (κ2) is 6.31. The number of carboxylic acids is 1. The number of carboxylic acid groups (broad SMARTS) is 1. The van der Waals surface area contributed by atoms with E-state index in [1.165, 1.54) is 25.3 Å². The van der Waals surface area contributed by atoms with Gasteiger partial charge in [-0.2, -0.15) is 0 Å². The van der Waals surface area contributed by atoms with Crippen LogP contribution in [0.1, 0.15) is 31.7 Å². The highest BCUT2D eigenvalue weighted by Crippen LogP contribution is 2.22. The minimum absolute atomic E-state index is 0.703. The van der Waals surface area contributed by atoms with E-state index in [1.807, 2.05) is 0 Å². The van der Waals surface area contributed by atoms with Crippen LogP contribution in [0.2, 0.25) is 0 Å². The van der Waals surface area contributed by atoms with Gasteiger partial charge in [-0.25, -0.2) is 14.8 Å². The van der Waals surface area contributed by atoms with E-state index in [9.17, 15) is 4.79 Å². The first-order valence-corrected chi connectivity index (χ1v) is 6.67. The van der Waals surface area contributed by atoms with E-state index in [0.29, 0.717) is 5.56 Å². The fourth-order valence-electron chi connectivity index (χ4n) is 2.29. The van der Waals surface area contributed by atoms with Gasteiger partial charge in [0, 0.05) is 37.1 Å². The molecule has 0 saturated carbocycles. The molecule has 5 heteroatoms. The second-order valence-corrected chi connectivity index (χ2v) is 4.83. The van der Waals surface area contributed by atoms with Gasteiger partial charge in [0.1, 0.15) is 0 Å². The monoisotopic (exact) mass is 261 g/mol. The zero-order valence-corrected chi connectivity index (χ0v) is 11.1. The smallest absolute Gasteiger partial charge is 0.328 e.